The Morgan fingerprint density at radius 3 is 1.67 bits per heavy atom. The maximum atomic E-state index is 15.6. The molecular weight excluding hydrogens is 833 g/mol. The van der Waals surface area contributed by atoms with E-state index in [9.17, 15) is 68.0 Å². The Bertz CT molecular complexity index is 2320. The number of nitrogens with zero attached hydrogens (tertiary/aromatic N) is 1. The number of aliphatic hydroxyl groups is 8. The third kappa shape index (κ3) is 6.80. The van der Waals surface area contributed by atoms with Crippen molar-refractivity contribution in [2.45, 2.75) is 67.0 Å². The molecule has 2 fully saturated rings. The van der Waals surface area contributed by atoms with E-state index in [2.05, 4.69) is 0 Å². The fraction of sp³-hybridized carbons (Fsp3) is 0.333. The van der Waals surface area contributed by atoms with Crippen LogP contribution in [0.4, 0.5) is 27.7 Å². The molecule has 1 spiro atoms. The number of ether oxygens (including phenoxy) is 6. The minimum Gasteiger partial charge on any atom is -0.462 e. The second-order valence-corrected chi connectivity index (χ2v) is 14.3. The summed E-state index contributed by atoms with van der Waals surface area (Å²) in [4.78, 5) is 26.6. The third-order valence-electron chi connectivity index (χ3n) is 10.7. The molecule has 4 heterocycles. The van der Waals surface area contributed by atoms with Crippen molar-refractivity contribution in [3.8, 4) is 23.0 Å². The standard InChI is InChI=1S/C39H32F5NO16/c40-21-10-17(26(41)28(43)27(21)42)35(54)45(44)13-1-4-18-16(7-13)36(55)61-39(18)19-5-2-14(56-37-33(52)31(50)29(48)24(11-46)59-37)8-22(19)58-23-9-15(3-6-20(23)39)57-38-34(53)32(51)30(49)25(12-47)60-38/h1-10,24-25,29-34,37-38,46-53H,11-12H2/t24-,25-,29-,30-,31+,32+,33-,34-,37-,38-/m1/s1. The van der Waals surface area contributed by atoms with Crippen LogP contribution in [0.1, 0.15) is 37.4 Å². The number of rotatable bonds is 8. The van der Waals surface area contributed by atoms with E-state index in [1.165, 1.54) is 36.4 Å². The number of fused-ring (bicyclic) bond motifs is 6. The number of hydrogen-bond donors (Lipinski definition) is 8. The van der Waals surface area contributed by atoms with Gasteiger partial charge in [0.1, 0.15) is 71.8 Å². The van der Waals surface area contributed by atoms with Crippen molar-refractivity contribution < 1.29 is 101 Å². The first-order valence-corrected chi connectivity index (χ1v) is 18.1. The molecule has 8 N–H and O–H groups in total. The number of aliphatic hydroxyl groups excluding tert-OH is 8. The van der Waals surface area contributed by atoms with Crippen molar-refractivity contribution in [3.05, 3.63) is 112 Å². The van der Waals surface area contributed by atoms with Gasteiger partial charge in [0, 0.05) is 28.8 Å². The van der Waals surface area contributed by atoms with Crippen LogP contribution in [0.2, 0.25) is 0 Å². The highest BCUT2D eigenvalue weighted by molar-refractivity contribution is 6.06. The van der Waals surface area contributed by atoms with Gasteiger partial charge in [-0.15, -0.1) is 5.12 Å². The summed E-state index contributed by atoms with van der Waals surface area (Å²) in [6.07, 6.45) is -16.6. The second-order valence-electron chi connectivity index (χ2n) is 14.3. The van der Waals surface area contributed by atoms with Gasteiger partial charge < -0.3 is 69.3 Å². The number of anilines is 1. The number of hydrogen-bond acceptors (Lipinski definition) is 16. The predicted molar refractivity (Wildman–Crippen MR) is 188 cm³/mol. The van der Waals surface area contributed by atoms with Gasteiger partial charge in [-0.3, -0.25) is 4.79 Å². The van der Waals surface area contributed by atoms with Crippen LogP contribution in [0.15, 0.2) is 60.7 Å². The lowest BCUT2D eigenvalue weighted by molar-refractivity contribution is -0.277. The molecule has 0 radical (unpaired) electrons. The van der Waals surface area contributed by atoms with Gasteiger partial charge in [0.2, 0.25) is 12.6 Å². The zero-order valence-electron chi connectivity index (χ0n) is 30.6. The molecular formula is C39H32F5NO16. The van der Waals surface area contributed by atoms with Crippen molar-refractivity contribution >= 4 is 17.6 Å². The number of esters is 1. The van der Waals surface area contributed by atoms with Gasteiger partial charge in [-0.25, -0.2) is 22.4 Å². The number of amides is 1. The molecule has 10 atom stereocenters. The number of halogens is 5. The molecule has 324 valence electrons. The second kappa shape index (κ2) is 15.7. The Labute approximate surface area is 338 Å². The summed E-state index contributed by atoms with van der Waals surface area (Å²) < 4.78 is 106. The number of carbonyl (C=O) groups excluding carboxylic acids is 2. The van der Waals surface area contributed by atoms with Crippen molar-refractivity contribution in [1.29, 1.82) is 0 Å². The SMILES string of the molecule is O=C1OC2(c3ccc(O[C@@H]4O[C@H](CO)[C@@H](O)[C@H](O)[C@H]4O)cc3Oc3cc(O[C@@H]4O[C@H](CO)[C@@H](O)[C@H](O)[C@H]4O)ccc32)c2ccc(N(F)C(=O)c3cc(F)c(F)c(F)c3F)cc21. The smallest absolute Gasteiger partial charge is 0.340 e. The molecule has 17 nitrogen and oxygen atoms in total. The topological polar surface area (TPSA) is 255 Å². The Morgan fingerprint density at radius 1 is 0.656 bits per heavy atom. The van der Waals surface area contributed by atoms with Gasteiger partial charge >= 0.3 is 5.97 Å². The van der Waals surface area contributed by atoms with Crippen molar-refractivity contribution in [2.24, 2.45) is 0 Å². The summed E-state index contributed by atoms with van der Waals surface area (Å²) in [5, 5.41) is 80.6. The molecule has 8 rings (SSSR count). The summed E-state index contributed by atoms with van der Waals surface area (Å²) >= 11 is 0. The average Bonchev–Trinajstić information content (AvgIpc) is 3.54. The lowest BCUT2D eigenvalue weighted by atomic mass is 9.77. The van der Waals surface area contributed by atoms with E-state index in [-0.39, 0.29) is 51.3 Å². The van der Waals surface area contributed by atoms with E-state index >= 15 is 4.48 Å². The molecule has 2 saturated heterocycles. The fourth-order valence-corrected chi connectivity index (χ4v) is 7.49. The molecule has 0 aliphatic carbocycles. The van der Waals surface area contributed by atoms with Crippen molar-refractivity contribution in [2.75, 3.05) is 18.3 Å². The van der Waals surface area contributed by atoms with Crippen LogP contribution >= 0.6 is 0 Å². The normalized spacial score (nSPS) is 28.6. The van der Waals surface area contributed by atoms with Gasteiger partial charge in [0.25, 0.3) is 5.91 Å². The minimum absolute atomic E-state index is 0.0110. The molecule has 61 heavy (non-hydrogen) atoms. The van der Waals surface area contributed by atoms with E-state index < -0.39 is 132 Å². The van der Waals surface area contributed by atoms with E-state index in [0.717, 1.165) is 18.2 Å². The fourth-order valence-electron chi connectivity index (χ4n) is 7.49. The van der Waals surface area contributed by atoms with Crippen LogP contribution < -0.4 is 19.3 Å². The molecule has 4 aromatic rings. The zero-order valence-corrected chi connectivity index (χ0v) is 30.6. The summed E-state index contributed by atoms with van der Waals surface area (Å²) in [6.45, 7) is -1.52. The summed E-state index contributed by atoms with van der Waals surface area (Å²) in [6, 6.07) is 10.7. The summed E-state index contributed by atoms with van der Waals surface area (Å²) in [7, 11) is 0. The van der Waals surface area contributed by atoms with Crippen LogP contribution in [-0.2, 0) is 19.8 Å². The largest absolute Gasteiger partial charge is 0.462 e. The summed E-state index contributed by atoms with van der Waals surface area (Å²) in [5.74, 6) is -12.3. The molecule has 0 saturated carbocycles. The molecule has 4 aliphatic heterocycles. The quantitative estimate of drug-likeness (QED) is 0.0399. The molecule has 1 amide bonds. The van der Waals surface area contributed by atoms with Crippen molar-refractivity contribution in [1.82, 2.24) is 0 Å². The molecule has 4 aliphatic rings. The Hall–Kier alpha value is -5.53. The van der Waals surface area contributed by atoms with Gasteiger partial charge in [-0.05, 0) is 42.5 Å². The Kier molecular flexibility index (Phi) is 10.9. The van der Waals surface area contributed by atoms with Crippen molar-refractivity contribution in [3.63, 3.8) is 0 Å². The van der Waals surface area contributed by atoms with Crippen LogP contribution in [0.25, 0.3) is 0 Å². The number of carbonyl (C=O) groups is 2. The number of benzene rings is 4. The highest BCUT2D eigenvalue weighted by Crippen LogP contribution is 2.57. The Balaban J connectivity index is 1.19. The first-order valence-electron chi connectivity index (χ1n) is 18.1. The summed E-state index contributed by atoms with van der Waals surface area (Å²) in [5.41, 5.74) is -4.48. The third-order valence-corrected chi connectivity index (χ3v) is 10.7. The monoisotopic (exact) mass is 865 g/mol. The van der Waals surface area contributed by atoms with Gasteiger partial charge in [-0.1, -0.05) is 10.5 Å². The minimum atomic E-state index is -2.36. The van der Waals surface area contributed by atoms with E-state index in [1.54, 1.807) is 0 Å². The highest BCUT2D eigenvalue weighted by Gasteiger charge is 2.54. The molecule has 22 heteroatoms. The Morgan fingerprint density at radius 2 is 1.16 bits per heavy atom. The van der Waals surface area contributed by atoms with E-state index in [1.807, 2.05) is 0 Å². The molecule has 4 aromatic carbocycles. The lowest BCUT2D eigenvalue weighted by Crippen LogP contribution is -2.60. The average molecular weight is 866 g/mol. The maximum absolute atomic E-state index is 15.6. The molecule has 0 aromatic heterocycles. The first-order chi connectivity index (χ1) is 29.0. The van der Waals surface area contributed by atoms with Gasteiger partial charge in [0.15, 0.2) is 28.9 Å². The lowest BCUT2D eigenvalue weighted by Gasteiger charge is -2.40. The van der Waals surface area contributed by atoms with E-state index in [4.69, 9.17) is 28.4 Å². The van der Waals surface area contributed by atoms with Crippen LogP contribution in [0, 0.1) is 23.3 Å². The highest BCUT2D eigenvalue weighted by atomic mass is 19.2. The van der Waals surface area contributed by atoms with Gasteiger partial charge in [-0.2, -0.15) is 0 Å². The van der Waals surface area contributed by atoms with Crippen LogP contribution in [0.3, 0.4) is 0 Å². The zero-order chi connectivity index (χ0) is 43.8. The molecule has 0 bridgehead atoms. The van der Waals surface area contributed by atoms with Crippen LogP contribution in [-0.4, -0.2) is 127 Å². The van der Waals surface area contributed by atoms with E-state index in [0.29, 0.717) is 0 Å². The van der Waals surface area contributed by atoms with Gasteiger partial charge in [0.05, 0.1) is 30.0 Å². The predicted octanol–water partition coefficient (Wildman–Crippen LogP) is 0.700. The first kappa shape index (κ1) is 42.2. The van der Waals surface area contributed by atoms with Crippen LogP contribution in [0.5, 0.6) is 23.0 Å². The molecule has 0 unspecified atom stereocenters. The maximum Gasteiger partial charge on any atom is 0.340 e.